The molecule has 2 unspecified atom stereocenters. The van der Waals surface area contributed by atoms with Crippen LogP contribution in [0.1, 0.15) is 60.3 Å². The van der Waals surface area contributed by atoms with E-state index in [0.29, 0.717) is 0 Å². The van der Waals surface area contributed by atoms with Gasteiger partial charge in [0.05, 0.1) is 12.2 Å². The van der Waals surface area contributed by atoms with Gasteiger partial charge < -0.3 is 9.05 Å². The molecule has 0 aromatic carbocycles. The molecule has 0 saturated heterocycles. The summed E-state index contributed by atoms with van der Waals surface area (Å²) in [5.74, 6) is 1.04. The Balaban J connectivity index is 4.39. The average molecular weight is 298 g/mol. The van der Waals surface area contributed by atoms with Crippen molar-refractivity contribution in [2.45, 2.75) is 72.5 Å². The van der Waals surface area contributed by atoms with Gasteiger partial charge in [-0.1, -0.05) is 38.6 Å². The summed E-state index contributed by atoms with van der Waals surface area (Å²) in [5.41, 5.74) is -2.14. The molecule has 0 saturated carbocycles. The quantitative estimate of drug-likeness (QED) is 0.398. The van der Waals surface area contributed by atoms with E-state index >= 15 is 0 Å². The lowest BCUT2D eigenvalue weighted by atomic mass is 10.3. The van der Waals surface area contributed by atoms with Crippen molar-refractivity contribution in [2.75, 3.05) is 5.75 Å². The first-order valence-electron chi connectivity index (χ1n) is 6.58. The predicted molar refractivity (Wildman–Crippen MR) is 83.3 cm³/mol. The van der Waals surface area contributed by atoms with Crippen molar-refractivity contribution in [3.05, 3.63) is 0 Å². The summed E-state index contributed by atoms with van der Waals surface area (Å²) < 4.78 is 11.9. The van der Waals surface area contributed by atoms with Gasteiger partial charge in [0.15, 0.2) is 0 Å². The van der Waals surface area contributed by atoms with Gasteiger partial charge in [-0.15, -0.1) is 0 Å². The minimum absolute atomic E-state index is 0.194. The molecule has 0 aromatic heterocycles. The molecule has 0 rings (SSSR count). The first kappa shape index (κ1) is 17.9. The highest BCUT2D eigenvalue weighted by molar-refractivity contribution is 8.67. The zero-order valence-electron chi connectivity index (χ0n) is 11.8. The number of hydrogen-bond acceptors (Lipinski definition) is 4. The molecule has 0 fully saturated rings. The molecule has 0 bridgehead atoms. The normalized spacial score (nSPS) is 18.6. The number of hydrogen-bond donors (Lipinski definition) is 0. The van der Waals surface area contributed by atoms with Crippen LogP contribution in [0, 0.1) is 0 Å². The van der Waals surface area contributed by atoms with Crippen molar-refractivity contribution >= 4 is 28.9 Å². The van der Waals surface area contributed by atoms with E-state index in [9.17, 15) is 0 Å². The third-order valence-corrected chi connectivity index (χ3v) is 8.02. The fourth-order valence-corrected chi connectivity index (χ4v) is 6.85. The molecule has 17 heavy (non-hydrogen) atoms. The van der Waals surface area contributed by atoms with Crippen molar-refractivity contribution in [1.82, 2.24) is 0 Å². The third-order valence-electron chi connectivity index (χ3n) is 2.52. The summed E-state index contributed by atoms with van der Waals surface area (Å²) in [6.45, 7) is 10.6. The molecule has 104 valence electrons. The Kier molecular flexibility index (Phi) is 10.3. The molecule has 0 radical (unpaired) electrons. The molecule has 0 aliphatic heterocycles. The minimum Gasteiger partial charge on any atom is -0.319 e. The molecule has 0 aromatic rings. The van der Waals surface area contributed by atoms with Gasteiger partial charge in [-0.3, -0.25) is 0 Å². The van der Waals surface area contributed by atoms with Crippen molar-refractivity contribution in [3.8, 4) is 0 Å². The summed E-state index contributed by atoms with van der Waals surface area (Å²) in [5, 5.41) is 0. The second-order valence-electron chi connectivity index (χ2n) is 4.28. The Labute approximate surface area is 116 Å². The van der Waals surface area contributed by atoms with Crippen LogP contribution in [-0.2, 0) is 20.9 Å². The molecule has 0 amide bonds. The SMILES string of the molecule is CCCCSP(=S)(OC(C)CC)OC(C)CC. The van der Waals surface area contributed by atoms with Crippen molar-refractivity contribution in [1.29, 1.82) is 0 Å². The topological polar surface area (TPSA) is 18.5 Å². The van der Waals surface area contributed by atoms with Crippen LogP contribution >= 0.6 is 17.1 Å². The summed E-state index contributed by atoms with van der Waals surface area (Å²) in [6.07, 6.45) is 4.72. The van der Waals surface area contributed by atoms with Crippen LogP contribution in [0.4, 0.5) is 0 Å². The zero-order valence-corrected chi connectivity index (χ0v) is 14.3. The first-order chi connectivity index (χ1) is 7.97. The van der Waals surface area contributed by atoms with Gasteiger partial charge in [0, 0.05) is 5.75 Å². The molecule has 0 N–H and O–H groups in total. The Morgan fingerprint density at radius 1 is 1.06 bits per heavy atom. The molecule has 0 heterocycles. The van der Waals surface area contributed by atoms with Crippen LogP contribution in [0.15, 0.2) is 0 Å². The maximum atomic E-state index is 5.97. The van der Waals surface area contributed by atoms with Crippen LogP contribution < -0.4 is 0 Å². The molecular formula is C12H27O2PS2. The highest BCUT2D eigenvalue weighted by Crippen LogP contribution is 2.63. The van der Waals surface area contributed by atoms with Gasteiger partial charge in [0.25, 0.3) is 0 Å². The Morgan fingerprint density at radius 3 is 1.88 bits per heavy atom. The van der Waals surface area contributed by atoms with Gasteiger partial charge in [-0.2, -0.15) is 0 Å². The first-order valence-corrected chi connectivity index (χ1v) is 10.8. The van der Waals surface area contributed by atoms with E-state index in [1.165, 1.54) is 12.8 Å². The lowest BCUT2D eigenvalue weighted by Crippen LogP contribution is -2.10. The fraction of sp³-hybridized carbons (Fsp3) is 1.00. The maximum Gasteiger partial charge on any atom is 0.247 e. The highest BCUT2D eigenvalue weighted by Gasteiger charge is 2.24. The minimum atomic E-state index is -2.14. The van der Waals surface area contributed by atoms with E-state index in [4.69, 9.17) is 20.9 Å². The Hall–Kier alpha value is 0.920. The number of rotatable bonds is 10. The van der Waals surface area contributed by atoms with E-state index in [2.05, 4.69) is 34.6 Å². The van der Waals surface area contributed by atoms with E-state index < -0.39 is 5.69 Å². The van der Waals surface area contributed by atoms with Crippen molar-refractivity contribution < 1.29 is 9.05 Å². The van der Waals surface area contributed by atoms with Crippen LogP contribution in [0.2, 0.25) is 0 Å². The number of unbranched alkanes of at least 4 members (excludes halogenated alkanes) is 1. The van der Waals surface area contributed by atoms with E-state index in [0.717, 1.165) is 18.6 Å². The zero-order chi connectivity index (χ0) is 13.3. The Bertz CT molecular complexity index is 221. The maximum absolute atomic E-state index is 5.97. The monoisotopic (exact) mass is 298 g/mol. The summed E-state index contributed by atoms with van der Waals surface area (Å²) in [4.78, 5) is 0. The lowest BCUT2D eigenvalue weighted by molar-refractivity contribution is 0.163. The van der Waals surface area contributed by atoms with Crippen molar-refractivity contribution in [3.63, 3.8) is 0 Å². The van der Waals surface area contributed by atoms with Gasteiger partial charge in [0.1, 0.15) is 0 Å². The Morgan fingerprint density at radius 2 is 1.53 bits per heavy atom. The molecule has 0 aliphatic rings. The van der Waals surface area contributed by atoms with Crippen molar-refractivity contribution in [2.24, 2.45) is 0 Å². The van der Waals surface area contributed by atoms with Crippen LogP contribution in [0.3, 0.4) is 0 Å². The van der Waals surface area contributed by atoms with E-state index in [1.54, 1.807) is 11.4 Å². The summed E-state index contributed by atoms with van der Waals surface area (Å²) >= 11 is 7.35. The summed E-state index contributed by atoms with van der Waals surface area (Å²) in [7, 11) is 0. The van der Waals surface area contributed by atoms with Crippen LogP contribution in [0.25, 0.3) is 0 Å². The molecule has 5 heteroatoms. The average Bonchev–Trinajstić information content (AvgIpc) is 2.28. The predicted octanol–water partition coefficient (Wildman–Crippen LogP) is 5.37. The second-order valence-corrected chi connectivity index (χ2v) is 10.6. The van der Waals surface area contributed by atoms with E-state index in [-0.39, 0.29) is 12.2 Å². The molecule has 2 atom stereocenters. The second kappa shape index (κ2) is 9.80. The van der Waals surface area contributed by atoms with Gasteiger partial charge in [-0.25, -0.2) is 0 Å². The summed E-state index contributed by atoms with van der Waals surface area (Å²) in [6, 6.07) is 0. The molecule has 0 spiro atoms. The van der Waals surface area contributed by atoms with Gasteiger partial charge in [0.2, 0.25) is 5.69 Å². The van der Waals surface area contributed by atoms with Crippen LogP contribution in [-0.4, -0.2) is 18.0 Å². The largest absolute Gasteiger partial charge is 0.319 e. The highest BCUT2D eigenvalue weighted by atomic mass is 32.9. The van der Waals surface area contributed by atoms with Gasteiger partial charge >= 0.3 is 0 Å². The van der Waals surface area contributed by atoms with E-state index in [1.807, 2.05) is 0 Å². The standard InChI is InChI=1S/C12H27O2PS2/c1-6-9-10-17-15(16,13-11(4)7-2)14-12(5)8-3/h11-12H,6-10H2,1-5H3. The van der Waals surface area contributed by atoms with Crippen LogP contribution in [0.5, 0.6) is 0 Å². The van der Waals surface area contributed by atoms with Gasteiger partial charge in [-0.05, 0) is 44.9 Å². The molecule has 0 aliphatic carbocycles. The lowest BCUT2D eigenvalue weighted by Gasteiger charge is -2.27. The third kappa shape index (κ3) is 8.61. The molecule has 2 nitrogen and oxygen atoms in total. The molecular weight excluding hydrogens is 271 g/mol. The smallest absolute Gasteiger partial charge is 0.247 e. The fourth-order valence-electron chi connectivity index (χ4n) is 0.996.